The van der Waals surface area contributed by atoms with Crippen molar-refractivity contribution in [1.29, 1.82) is 0 Å². The molecule has 0 radical (unpaired) electrons. The number of nitrogens with zero attached hydrogens (tertiary/aromatic N) is 2. The molecule has 2 saturated heterocycles. The fourth-order valence-corrected chi connectivity index (χ4v) is 2.52. The van der Waals surface area contributed by atoms with Gasteiger partial charge in [-0.25, -0.2) is 8.78 Å². The second-order valence-corrected chi connectivity index (χ2v) is 5.38. The molecule has 0 spiro atoms. The summed E-state index contributed by atoms with van der Waals surface area (Å²) in [7, 11) is 1.77. The lowest BCUT2D eigenvalue weighted by molar-refractivity contribution is -0.317. The zero-order chi connectivity index (χ0) is 15.7. The van der Waals surface area contributed by atoms with Crippen molar-refractivity contribution in [2.45, 2.75) is 24.2 Å². The number of halogens is 5. The highest BCUT2D eigenvalue weighted by Gasteiger charge is 2.68. The van der Waals surface area contributed by atoms with Gasteiger partial charge >= 0.3 is 6.18 Å². The van der Waals surface area contributed by atoms with Crippen molar-refractivity contribution in [3.05, 3.63) is 0 Å². The van der Waals surface area contributed by atoms with E-state index in [1.54, 1.807) is 7.05 Å². The molecule has 0 aliphatic carbocycles. The number of rotatable bonds is 3. The average molecular weight is 318 g/mol. The molecule has 0 amide bonds. The molecular weight excluding hydrogens is 299 g/mol. The Balaban J connectivity index is 2.18. The largest absolute Gasteiger partial charge is 0.429 e. The van der Waals surface area contributed by atoms with Crippen molar-refractivity contribution in [1.82, 2.24) is 9.80 Å². The van der Waals surface area contributed by atoms with E-state index in [0.717, 1.165) is 4.90 Å². The van der Waals surface area contributed by atoms with Crippen LogP contribution in [0, 0.1) is 0 Å². The zero-order valence-corrected chi connectivity index (χ0v) is 11.7. The van der Waals surface area contributed by atoms with Crippen LogP contribution in [0.1, 0.15) is 0 Å². The molecule has 4 nitrogen and oxygen atoms in total. The van der Waals surface area contributed by atoms with E-state index in [2.05, 4.69) is 0 Å². The van der Waals surface area contributed by atoms with Gasteiger partial charge in [-0.1, -0.05) is 0 Å². The van der Waals surface area contributed by atoms with Crippen LogP contribution in [0.25, 0.3) is 0 Å². The second kappa shape index (κ2) is 6.31. The number of likely N-dealkylation sites (N-methyl/N-ethyl adjacent to an activating group) is 1. The molecular formula is C12H19F5N2O2. The highest BCUT2D eigenvalue weighted by atomic mass is 19.4. The SMILES string of the molecule is CN1CCN(C(F)C(F)(C2COCCO2)C(F)(F)F)CC1. The van der Waals surface area contributed by atoms with Crippen LogP contribution in [0.2, 0.25) is 0 Å². The van der Waals surface area contributed by atoms with Crippen molar-refractivity contribution in [3.63, 3.8) is 0 Å². The third-order valence-corrected chi connectivity index (χ3v) is 3.92. The summed E-state index contributed by atoms with van der Waals surface area (Å²) >= 11 is 0. The van der Waals surface area contributed by atoms with Crippen molar-refractivity contribution >= 4 is 0 Å². The van der Waals surface area contributed by atoms with E-state index in [1.807, 2.05) is 4.90 Å². The maximum atomic E-state index is 14.7. The lowest BCUT2D eigenvalue weighted by Gasteiger charge is -2.44. The molecule has 21 heavy (non-hydrogen) atoms. The average Bonchev–Trinajstić information content (AvgIpc) is 2.46. The molecule has 0 aromatic rings. The summed E-state index contributed by atoms with van der Waals surface area (Å²) in [5.41, 5.74) is -4.09. The van der Waals surface area contributed by atoms with Gasteiger partial charge in [-0.2, -0.15) is 13.2 Å². The summed E-state index contributed by atoms with van der Waals surface area (Å²) < 4.78 is 78.3. The van der Waals surface area contributed by atoms with Gasteiger partial charge in [-0.15, -0.1) is 0 Å². The first kappa shape index (κ1) is 16.9. The molecule has 2 heterocycles. The standard InChI is InChI=1S/C12H19F5N2O2/c1-18-2-4-19(5-3-18)10(13)11(14,12(15,16)17)9-8-20-6-7-21-9/h9-10H,2-8H2,1H3. The fourth-order valence-electron chi connectivity index (χ4n) is 2.52. The minimum Gasteiger partial charge on any atom is -0.376 e. The molecule has 0 bridgehead atoms. The molecule has 0 N–H and O–H groups in total. The number of hydrogen-bond donors (Lipinski definition) is 0. The molecule has 2 aliphatic heterocycles. The molecule has 3 atom stereocenters. The highest BCUT2D eigenvalue weighted by molar-refractivity contribution is 5.02. The van der Waals surface area contributed by atoms with Gasteiger partial charge in [0.2, 0.25) is 0 Å². The number of alkyl halides is 5. The second-order valence-electron chi connectivity index (χ2n) is 5.38. The minimum atomic E-state index is -5.37. The first-order valence-electron chi connectivity index (χ1n) is 6.78. The van der Waals surface area contributed by atoms with E-state index in [9.17, 15) is 22.0 Å². The normalized spacial score (nSPS) is 30.9. The van der Waals surface area contributed by atoms with E-state index >= 15 is 0 Å². The first-order valence-corrected chi connectivity index (χ1v) is 6.78. The Bertz CT molecular complexity index is 343. The third kappa shape index (κ3) is 3.30. The smallest absolute Gasteiger partial charge is 0.376 e. The first-order chi connectivity index (χ1) is 9.76. The van der Waals surface area contributed by atoms with Crippen LogP contribution in [0.15, 0.2) is 0 Å². The number of hydrogen-bond acceptors (Lipinski definition) is 4. The van der Waals surface area contributed by atoms with E-state index in [-0.39, 0.29) is 26.3 Å². The van der Waals surface area contributed by atoms with Gasteiger partial charge in [0.05, 0.1) is 19.8 Å². The van der Waals surface area contributed by atoms with Gasteiger partial charge in [0, 0.05) is 26.2 Å². The number of piperazine rings is 1. The van der Waals surface area contributed by atoms with Crippen LogP contribution in [0.5, 0.6) is 0 Å². The van der Waals surface area contributed by atoms with Crippen molar-refractivity contribution in [3.8, 4) is 0 Å². The lowest BCUT2D eigenvalue weighted by atomic mass is 9.95. The van der Waals surface area contributed by atoms with Crippen molar-refractivity contribution < 1.29 is 31.4 Å². The fraction of sp³-hybridized carbons (Fsp3) is 1.00. The van der Waals surface area contributed by atoms with Crippen LogP contribution in [-0.4, -0.2) is 87.1 Å². The number of ether oxygens (including phenoxy) is 2. The van der Waals surface area contributed by atoms with Crippen LogP contribution in [0.3, 0.4) is 0 Å². The van der Waals surface area contributed by atoms with Gasteiger partial charge in [-0.05, 0) is 7.05 Å². The van der Waals surface area contributed by atoms with Crippen LogP contribution < -0.4 is 0 Å². The summed E-state index contributed by atoms with van der Waals surface area (Å²) in [6.45, 7) is 0.134. The molecule has 2 aliphatic rings. The molecule has 2 rings (SSSR count). The van der Waals surface area contributed by atoms with Gasteiger partial charge in [0.25, 0.3) is 5.67 Å². The van der Waals surface area contributed by atoms with E-state index < -0.39 is 30.9 Å². The summed E-state index contributed by atoms with van der Waals surface area (Å²) in [5, 5.41) is 0. The van der Waals surface area contributed by atoms with E-state index in [4.69, 9.17) is 9.47 Å². The predicted molar refractivity (Wildman–Crippen MR) is 64.4 cm³/mol. The topological polar surface area (TPSA) is 24.9 Å². The zero-order valence-electron chi connectivity index (χ0n) is 11.7. The monoisotopic (exact) mass is 318 g/mol. The van der Waals surface area contributed by atoms with Crippen LogP contribution in [0.4, 0.5) is 22.0 Å². The molecule has 3 unspecified atom stereocenters. The van der Waals surface area contributed by atoms with E-state index in [1.165, 1.54) is 0 Å². The maximum absolute atomic E-state index is 14.7. The summed E-state index contributed by atoms with van der Waals surface area (Å²) in [6.07, 6.45) is -10.2. The lowest BCUT2D eigenvalue weighted by Crippen LogP contribution is -2.66. The van der Waals surface area contributed by atoms with Gasteiger partial charge in [-0.3, -0.25) is 4.90 Å². The minimum absolute atomic E-state index is 0.0347. The molecule has 0 aromatic heterocycles. The Kier molecular flexibility index (Phi) is 5.07. The molecule has 2 fully saturated rings. The predicted octanol–water partition coefficient (Wildman–Crippen LogP) is 1.22. The van der Waals surface area contributed by atoms with E-state index in [0.29, 0.717) is 13.1 Å². The van der Waals surface area contributed by atoms with Crippen LogP contribution in [-0.2, 0) is 9.47 Å². The summed E-state index contributed by atoms with van der Waals surface area (Å²) in [6, 6.07) is 0. The molecule has 0 aromatic carbocycles. The Morgan fingerprint density at radius 3 is 2.14 bits per heavy atom. The quantitative estimate of drug-likeness (QED) is 0.577. The van der Waals surface area contributed by atoms with Crippen LogP contribution >= 0.6 is 0 Å². The van der Waals surface area contributed by atoms with Gasteiger partial charge < -0.3 is 14.4 Å². The molecule has 0 saturated carbocycles. The van der Waals surface area contributed by atoms with Crippen molar-refractivity contribution in [2.24, 2.45) is 0 Å². The van der Waals surface area contributed by atoms with Gasteiger partial charge in [0.15, 0.2) is 6.30 Å². The molecule has 124 valence electrons. The van der Waals surface area contributed by atoms with Gasteiger partial charge in [0.1, 0.15) is 6.10 Å². The Morgan fingerprint density at radius 2 is 1.67 bits per heavy atom. The Morgan fingerprint density at radius 1 is 1.05 bits per heavy atom. The Hall–Kier alpha value is -0.510. The Labute approximate surface area is 119 Å². The highest BCUT2D eigenvalue weighted by Crippen LogP contribution is 2.44. The third-order valence-electron chi connectivity index (χ3n) is 3.92. The summed E-state index contributed by atoms with van der Waals surface area (Å²) in [4.78, 5) is 2.72. The van der Waals surface area contributed by atoms with Crippen molar-refractivity contribution in [2.75, 3.05) is 53.0 Å². The maximum Gasteiger partial charge on any atom is 0.429 e. The molecule has 9 heteroatoms. The summed E-state index contributed by atoms with van der Waals surface area (Å²) in [5.74, 6) is 0.